The predicted molar refractivity (Wildman–Crippen MR) is 124 cm³/mol. The number of aliphatic imine (C=N–C) groups is 1. The summed E-state index contributed by atoms with van der Waals surface area (Å²) in [5.41, 5.74) is 3.41. The molecule has 8 nitrogen and oxygen atoms in total. The minimum atomic E-state index is 0.557. The topological polar surface area (TPSA) is 73.1 Å². The molecule has 0 radical (unpaired) electrons. The molecule has 0 aliphatic carbocycles. The quantitative estimate of drug-likeness (QED) is 0.448. The fraction of sp³-hybridized carbons (Fsp3) is 0.435. The first-order valence-corrected chi connectivity index (χ1v) is 11.0. The van der Waals surface area contributed by atoms with E-state index in [0.29, 0.717) is 13.1 Å². The van der Waals surface area contributed by atoms with E-state index in [9.17, 15) is 0 Å². The number of fused-ring (bicyclic) bond motifs is 1. The molecule has 0 amide bonds. The molecule has 0 saturated carbocycles. The van der Waals surface area contributed by atoms with Gasteiger partial charge in [0.2, 0.25) is 0 Å². The lowest BCUT2D eigenvalue weighted by Crippen LogP contribution is -2.43. The molecule has 2 N–H and O–H groups in total. The van der Waals surface area contributed by atoms with Crippen LogP contribution in [0.1, 0.15) is 23.9 Å². The average Bonchev–Trinajstić information content (AvgIpc) is 3.21. The highest BCUT2D eigenvalue weighted by Gasteiger charge is 2.13. The van der Waals surface area contributed by atoms with Crippen LogP contribution in [0.4, 0.5) is 0 Å². The minimum Gasteiger partial charge on any atom is -0.357 e. The van der Waals surface area contributed by atoms with E-state index in [-0.39, 0.29) is 0 Å². The fourth-order valence-electron chi connectivity index (χ4n) is 3.70. The van der Waals surface area contributed by atoms with Crippen LogP contribution < -0.4 is 10.6 Å². The Morgan fingerprint density at radius 2 is 1.74 bits per heavy atom. The highest BCUT2D eigenvalue weighted by Crippen LogP contribution is 2.10. The van der Waals surface area contributed by atoms with Gasteiger partial charge in [0.05, 0.1) is 13.1 Å². The van der Waals surface area contributed by atoms with Crippen molar-refractivity contribution in [1.29, 1.82) is 0 Å². The number of hydrogen-bond acceptors (Lipinski definition) is 5. The number of hydrogen-bond donors (Lipinski definition) is 2. The van der Waals surface area contributed by atoms with Crippen molar-refractivity contribution in [2.24, 2.45) is 4.99 Å². The number of likely N-dealkylation sites (N-methyl/N-ethyl adjacent to an activating group) is 1. The largest absolute Gasteiger partial charge is 0.357 e. The number of pyridine rings is 1. The van der Waals surface area contributed by atoms with Crippen LogP contribution in [0, 0.1) is 0 Å². The molecule has 1 aromatic carbocycles. The molecule has 1 saturated heterocycles. The number of aromatic nitrogens is 3. The Hall–Kier alpha value is -2.97. The Kier molecular flexibility index (Phi) is 7.11. The van der Waals surface area contributed by atoms with Gasteiger partial charge in [0, 0.05) is 45.5 Å². The molecule has 3 aromatic rings. The van der Waals surface area contributed by atoms with Crippen molar-refractivity contribution >= 4 is 11.6 Å². The minimum absolute atomic E-state index is 0.557. The summed E-state index contributed by atoms with van der Waals surface area (Å²) in [6.07, 6.45) is 1.97. The van der Waals surface area contributed by atoms with Crippen molar-refractivity contribution in [1.82, 2.24) is 35.0 Å². The standard InChI is InChI=1S/C23H32N8/c1-3-24-23(26-17-22-28-27-21-6-4-5-11-31(21)22)25-16-19-7-9-20(10-8-19)18-30-14-12-29(2)13-15-30/h4-11H,3,12-18H2,1-2H3,(H2,24,25,26). The zero-order chi connectivity index (χ0) is 21.5. The van der Waals surface area contributed by atoms with Gasteiger partial charge in [0.1, 0.15) is 0 Å². The first-order chi connectivity index (χ1) is 15.2. The van der Waals surface area contributed by atoms with Gasteiger partial charge in [-0.15, -0.1) is 10.2 Å². The Labute approximate surface area is 184 Å². The van der Waals surface area contributed by atoms with E-state index < -0.39 is 0 Å². The SMILES string of the molecule is CCNC(=NCc1ccc(CN2CCN(C)CC2)cc1)NCc1nnc2ccccn12. The van der Waals surface area contributed by atoms with E-state index in [1.165, 1.54) is 11.1 Å². The van der Waals surface area contributed by atoms with E-state index in [4.69, 9.17) is 4.99 Å². The van der Waals surface area contributed by atoms with Crippen molar-refractivity contribution in [3.05, 3.63) is 65.6 Å². The Morgan fingerprint density at radius 1 is 0.968 bits per heavy atom. The molecule has 4 rings (SSSR count). The number of nitrogens with one attached hydrogen (secondary N) is 2. The molecule has 1 aliphatic rings. The van der Waals surface area contributed by atoms with Crippen LogP contribution in [-0.2, 0) is 19.6 Å². The lowest BCUT2D eigenvalue weighted by molar-refractivity contribution is 0.148. The van der Waals surface area contributed by atoms with E-state index in [0.717, 1.165) is 56.7 Å². The normalized spacial score (nSPS) is 16.0. The highest BCUT2D eigenvalue weighted by molar-refractivity contribution is 5.79. The Morgan fingerprint density at radius 3 is 2.52 bits per heavy atom. The monoisotopic (exact) mass is 420 g/mol. The van der Waals surface area contributed by atoms with Gasteiger partial charge in [-0.25, -0.2) is 4.99 Å². The summed E-state index contributed by atoms with van der Waals surface area (Å²) in [4.78, 5) is 9.65. The summed E-state index contributed by atoms with van der Waals surface area (Å²) in [5.74, 6) is 1.63. The zero-order valence-electron chi connectivity index (χ0n) is 18.5. The summed E-state index contributed by atoms with van der Waals surface area (Å²) < 4.78 is 1.98. The van der Waals surface area contributed by atoms with Crippen LogP contribution in [-0.4, -0.2) is 70.1 Å². The van der Waals surface area contributed by atoms with Gasteiger partial charge in [-0.2, -0.15) is 0 Å². The van der Waals surface area contributed by atoms with E-state index in [1.807, 2.05) is 28.8 Å². The highest BCUT2D eigenvalue weighted by atomic mass is 15.3. The second-order valence-corrected chi connectivity index (χ2v) is 7.99. The number of nitrogens with zero attached hydrogens (tertiary/aromatic N) is 6. The first-order valence-electron chi connectivity index (χ1n) is 11.0. The third kappa shape index (κ3) is 5.80. The third-order valence-electron chi connectivity index (χ3n) is 5.59. The van der Waals surface area contributed by atoms with Gasteiger partial charge in [-0.1, -0.05) is 30.3 Å². The van der Waals surface area contributed by atoms with E-state index >= 15 is 0 Å². The lowest BCUT2D eigenvalue weighted by Gasteiger charge is -2.32. The molecule has 0 bridgehead atoms. The molecular formula is C23H32N8. The number of piperazine rings is 1. The predicted octanol–water partition coefficient (Wildman–Crippen LogP) is 1.73. The molecule has 8 heteroatoms. The maximum absolute atomic E-state index is 4.74. The molecule has 2 aromatic heterocycles. The second kappa shape index (κ2) is 10.4. The molecular weight excluding hydrogens is 388 g/mol. The van der Waals surface area contributed by atoms with Crippen molar-refractivity contribution in [3.63, 3.8) is 0 Å². The Bertz CT molecular complexity index is 986. The molecule has 1 fully saturated rings. The van der Waals surface area contributed by atoms with Crippen LogP contribution in [0.3, 0.4) is 0 Å². The van der Waals surface area contributed by atoms with Gasteiger partial charge in [-0.3, -0.25) is 9.30 Å². The van der Waals surface area contributed by atoms with Crippen molar-refractivity contribution in [3.8, 4) is 0 Å². The van der Waals surface area contributed by atoms with Crippen molar-refractivity contribution in [2.75, 3.05) is 39.8 Å². The Balaban J connectivity index is 1.32. The van der Waals surface area contributed by atoms with Gasteiger partial charge in [-0.05, 0) is 37.2 Å². The van der Waals surface area contributed by atoms with Crippen LogP contribution in [0.15, 0.2) is 53.7 Å². The van der Waals surface area contributed by atoms with Crippen LogP contribution in [0.5, 0.6) is 0 Å². The first kappa shape index (κ1) is 21.3. The zero-order valence-corrected chi connectivity index (χ0v) is 18.5. The maximum Gasteiger partial charge on any atom is 0.191 e. The summed E-state index contributed by atoms with van der Waals surface area (Å²) in [6.45, 7) is 9.66. The summed E-state index contributed by atoms with van der Waals surface area (Å²) in [5, 5.41) is 15.1. The van der Waals surface area contributed by atoms with Gasteiger partial charge in [0.15, 0.2) is 17.4 Å². The molecule has 0 atom stereocenters. The smallest absolute Gasteiger partial charge is 0.191 e. The average molecular weight is 421 g/mol. The van der Waals surface area contributed by atoms with E-state index in [1.54, 1.807) is 0 Å². The van der Waals surface area contributed by atoms with Gasteiger partial charge < -0.3 is 15.5 Å². The second-order valence-electron chi connectivity index (χ2n) is 7.99. The number of benzene rings is 1. The van der Waals surface area contributed by atoms with Gasteiger partial charge in [0.25, 0.3) is 0 Å². The molecule has 31 heavy (non-hydrogen) atoms. The molecule has 0 spiro atoms. The van der Waals surface area contributed by atoms with Crippen molar-refractivity contribution < 1.29 is 0 Å². The summed E-state index contributed by atoms with van der Waals surface area (Å²) >= 11 is 0. The molecule has 1 aliphatic heterocycles. The number of rotatable bonds is 7. The van der Waals surface area contributed by atoms with Crippen molar-refractivity contribution in [2.45, 2.75) is 26.6 Å². The molecule has 0 unspecified atom stereocenters. The van der Waals surface area contributed by atoms with E-state index in [2.05, 4.69) is 68.9 Å². The molecule has 3 heterocycles. The van der Waals surface area contributed by atoms with Gasteiger partial charge >= 0.3 is 0 Å². The lowest BCUT2D eigenvalue weighted by atomic mass is 10.1. The summed E-state index contributed by atoms with van der Waals surface area (Å²) in [7, 11) is 2.19. The van der Waals surface area contributed by atoms with Crippen LogP contribution in [0.25, 0.3) is 5.65 Å². The fourth-order valence-corrected chi connectivity index (χ4v) is 3.70. The van der Waals surface area contributed by atoms with Crippen LogP contribution in [0.2, 0.25) is 0 Å². The number of guanidine groups is 1. The van der Waals surface area contributed by atoms with Crippen LogP contribution >= 0.6 is 0 Å². The maximum atomic E-state index is 4.74. The molecule has 164 valence electrons. The summed E-state index contributed by atoms with van der Waals surface area (Å²) in [6, 6.07) is 14.7. The third-order valence-corrected chi connectivity index (χ3v) is 5.59.